The zero-order valence-electron chi connectivity index (χ0n) is 14.2. The van der Waals surface area contributed by atoms with Crippen LogP contribution in [0.25, 0.3) is 0 Å². The molecule has 0 fully saturated rings. The van der Waals surface area contributed by atoms with E-state index in [9.17, 15) is 26.3 Å². The lowest BCUT2D eigenvalue weighted by molar-refractivity contribution is -0.286. The van der Waals surface area contributed by atoms with E-state index in [-0.39, 0.29) is 0 Å². The number of hydrogen-bond donors (Lipinski definition) is 0. The summed E-state index contributed by atoms with van der Waals surface area (Å²) >= 11 is 0. The molecule has 2 aromatic rings. The third-order valence-corrected chi connectivity index (χ3v) is 4.29. The van der Waals surface area contributed by atoms with E-state index in [4.69, 9.17) is 0 Å². The molecule has 27 heavy (non-hydrogen) atoms. The minimum absolute atomic E-state index is 0.444. The lowest BCUT2D eigenvalue weighted by Gasteiger charge is -2.27. The Morgan fingerprint density at radius 2 is 1.37 bits per heavy atom. The molecule has 0 aromatic heterocycles. The molecule has 1 aliphatic heterocycles. The van der Waals surface area contributed by atoms with Crippen molar-refractivity contribution in [3.8, 4) is 11.5 Å². The summed E-state index contributed by atoms with van der Waals surface area (Å²) < 4.78 is 92.4. The van der Waals surface area contributed by atoms with E-state index in [1.165, 1.54) is 12.1 Å². The first-order valence-electron chi connectivity index (χ1n) is 8.32. The summed E-state index contributed by atoms with van der Waals surface area (Å²) in [5.41, 5.74) is -1.25. The van der Waals surface area contributed by atoms with Crippen LogP contribution in [0.5, 0.6) is 11.5 Å². The molecule has 0 amide bonds. The van der Waals surface area contributed by atoms with Crippen LogP contribution in [-0.2, 0) is 18.3 Å². The van der Waals surface area contributed by atoms with Gasteiger partial charge in [0.15, 0.2) is 11.5 Å². The Balaban J connectivity index is 1.89. The Bertz CT molecular complexity index is 817. The van der Waals surface area contributed by atoms with Gasteiger partial charge in [-0.15, -0.1) is 8.78 Å². The summed E-state index contributed by atoms with van der Waals surface area (Å²) in [5, 5.41) is 0. The molecule has 8 heteroatoms. The molecule has 0 spiro atoms. The molecular weight excluding hydrogens is 374 g/mol. The van der Waals surface area contributed by atoms with Gasteiger partial charge in [0.1, 0.15) is 0 Å². The maximum Gasteiger partial charge on any atom is 0.586 e. The van der Waals surface area contributed by atoms with Crippen LogP contribution in [-0.4, -0.2) is 6.29 Å². The SMILES string of the molecule is CCCCc1ccc(C(F)(F)C(F)(F)c2ccc3c(c2)OC(F)(F)O3)cc1. The lowest BCUT2D eigenvalue weighted by Crippen LogP contribution is -2.35. The highest BCUT2D eigenvalue weighted by Crippen LogP contribution is 2.52. The largest absolute Gasteiger partial charge is 0.586 e. The third-order valence-electron chi connectivity index (χ3n) is 4.29. The zero-order valence-corrected chi connectivity index (χ0v) is 14.2. The van der Waals surface area contributed by atoms with Gasteiger partial charge in [0.05, 0.1) is 0 Å². The number of halogens is 6. The van der Waals surface area contributed by atoms with Gasteiger partial charge in [-0.25, -0.2) is 0 Å². The molecule has 0 atom stereocenters. The Morgan fingerprint density at radius 1 is 0.815 bits per heavy atom. The molecule has 146 valence electrons. The summed E-state index contributed by atoms with van der Waals surface area (Å²) in [7, 11) is 0. The molecule has 0 N–H and O–H groups in total. The van der Waals surface area contributed by atoms with Gasteiger partial charge in [0.2, 0.25) is 0 Å². The summed E-state index contributed by atoms with van der Waals surface area (Å²) in [6, 6.07) is 6.50. The number of rotatable bonds is 6. The third kappa shape index (κ3) is 3.57. The van der Waals surface area contributed by atoms with Gasteiger partial charge in [0, 0.05) is 11.1 Å². The average Bonchev–Trinajstić information content (AvgIpc) is 2.92. The second-order valence-corrected chi connectivity index (χ2v) is 6.28. The molecule has 3 rings (SSSR count). The number of unbranched alkanes of at least 4 members (excludes halogenated alkanes) is 1. The molecule has 0 unspecified atom stereocenters. The summed E-state index contributed by atoms with van der Waals surface area (Å²) in [6.45, 7) is 1.98. The fourth-order valence-electron chi connectivity index (χ4n) is 2.77. The van der Waals surface area contributed by atoms with Crippen LogP contribution in [0.2, 0.25) is 0 Å². The molecule has 2 nitrogen and oxygen atoms in total. The fourth-order valence-corrected chi connectivity index (χ4v) is 2.77. The highest BCUT2D eigenvalue weighted by Gasteiger charge is 2.59. The van der Waals surface area contributed by atoms with Crippen molar-refractivity contribution in [1.29, 1.82) is 0 Å². The van der Waals surface area contributed by atoms with Gasteiger partial charge >= 0.3 is 18.1 Å². The smallest absolute Gasteiger partial charge is 0.395 e. The Hall–Kier alpha value is -2.38. The van der Waals surface area contributed by atoms with Crippen LogP contribution in [0.1, 0.15) is 36.5 Å². The predicted octanol–water partition coefficient (Wildman–Crippen LogP) is 6.23. The lowest BCUT2D eigenvalue weighted by atomic mass is 9.94. The first-order valence-corrected chi connectivity index (χ1v) is 8.32. The highest BCUT2D eigenvalue weighted by molar-refractivity contribution is 5.47. The number of aryl methyl sites for hydroxylation is 1. The second kappa shape index (κ2) is 6.65. The Morgan fingerprint density at radius 3 is 2.00 bits per heavy atom. The van der Waals surface area contributed by atoms with Crippen LogP contribution in [0.4, 0.5) is 26.3 Å². The molecule has 0 radical (unpaired) electrons. The van der Waals surface area contributed by atoms with Gasteiger partial charge in [-0.3, -0.25) is 0 Å². The zero-order chi connectivity index (χ0) is 19.9. The van der Waals surface area contributed by atoms with Crippen molar-refractivity contribution < 1.29 is 35.8 Å². The second-order valence-electron chi connectivity index (χ2n) is 6.28. The van der Waals surface area contributed by atoms with E-state index in [1.807, 2.05) is 6.92 Å². The first kappa shape index (κ1) is 19.4. The minimum Gasteiger partial charge on any atom is -0.395 e. The fraction of sp³-hybridized carbons (Fsp3) is 0.368. The van der Waals surface area contributed by atoms with Gasteiger partial charge in [0.25, 0.3) is 0 Å². The standard InChI is InChI=1S/C19H16F6O2/c1-2-3-4-12-5-7-13(8-6-12)17(20,21)18(22,23)14-9-10-15-16(11-14)27-19(24,25)26-15/h5-11H,2-4H2,1H3. The van der Waals surface area contributed by atoms with E-state index in [0.29, 0.717) is 18.6 Å². The average molecular weight is 390 g/mol. The maximum absolute atomic E-state index is 14.5. The topological polar surface area (TPSA) is 18.5 Å². The van der Waals surface area contributed by atoms with Crippen molar-refractivity contribution in [2.75, 3.05) is 0 Å². The van der Waals surface area contributed by atoms with Crippen molar-refractivity contribution in [1.82, 2.24) is 0 Å². The number of fused-ring (bicyclic) bond motifs is 1. The van der Waals surface area contributed by atoms with Crippen molar-refractivity contribution in [2.24, 2.45) is 0 Å². The van der Waals surface area contributed by atoms with Crippen LogP contribution in [0.3, 0.4) is 0 Å². The molecular formula is C19H16F6O2. The van der Waals surface area contributed by atoms with Gasteiger partial charge in [-0.1, -0.05) is 37.6 Å². The van der Waals surface area contributed by atoms with E-state index in [2.05, 4.69) is 9.47 Å². The van der Waals surface area contributed by atoms with Crippen molar-refractivity contribution in [3.63, 3.8) is 0 Å². The van der Waals surface area contributed by atoms with Crippen LogP contribution < -0.4 is 9.47 Å². The molecule has 2 aromatic carbocycles. The minimum atomic E-state index is -4.64. The molecule has 0 saturated carbocycles. The normalized spacial score (nSPS) is 15.8. The Kier molecular flexibility index (Phi) is 4.78. The molecule has 0 saturated heterocycles. The van der Waals surface area contributed by atoms with Gasteiger partial charge < -0.3 is 9.47 Å². The maximum atomic E-state index is 14.5. The summed E-state index contributed by atoms with van der Waals surface area (Å²) in [4.78, 5) is 0. The summed E-state index contributed by atoms with van der Waals surface area (Å²) in [5.74, 6) is -10.4. The monoisotopic (exact) mass is 390 g/mol. The molecule has 1 aliphatic rings. The van der Waals surface area contributed by atoms with E-state index in [1.54, 1.807) is 0 Å². The van der Waals surface area contributed by atoms with Crippen LogP contribution in [0.15, 0.2) is 42.5 Å². The van der Waals surface area contributed by atoms with Crippen molar-refractivity contribution in [3.05, 3.63) is 59.2 Å². The number of alkyl halides is 6. The van der Waals surface area contributed by atoms with E-state index < -0.39 is 40.8 Å². The van der Waals surface area contributed by atoms with Crippen LogP contribution in [0, 0.1) is 0 Å². The van der Waals surface area contributed by atoms with Gasteiger partial charge in [-0.05, 0) is 36.6 Å². The quantitative estimate of drug-likeness (QED) is 0.544. The molecule has 0 aliphatic carbocycles. The van der Waals surface area contributed by atoms with Crippen molar-refractivity contribution >= 4 is 0 Å². The van der Waals surface area contributed by atoms with Gasteiger partial charge in [-0.2, -0.15) is 17.6 Å². The molecule has 0 bridgehead atoms. The number of hydrogen-bond acceptors (Lipinski definition) is 2. The number of benzene rings is 2. The number of ether oxygens (including phenoxy) is 2. The highest BCUT2D eigenvalue weighted by atomic mass is 19.3. The first-order chi connectivity index (χ1) is 12.6. The summed E-state index contributed by atoms with van der Waals surface area (Å²) in [6.07, 6.45) is -1.59. The van der Waals surface area contributed by atoms with Crippen LogP contribution >= 0.6 is 0 Å². The Labute approximate surface area is 151 Å². The predicted molar refractivity (Wildman–Crippen MR) is 85.5 cm³/mol. The van der Waals surface area contributed by atoms with E-state index >= 15 is 0 Å². The van der Waals surface area contributed by atoms with E-state index in [0.717, 1.165) is 36.6 Å². The van der Waals surface area contributed by atoms with Crippen molar-refractivity contribution in [2.45, 2.75) is 44.3 Å². The molecule has 1 heterocycles.